The molecule has 7 nitrogen and oxygen atoms in total. The molecule has 0 saturated carbocycles. The van der Waals surface area contributed by atoms with Gasteiger partial charge in [-0.15, -0.1) is 13.2 Å². The summed E-state index contributed by atoms with van der Waals surface area (Å²) >= 11 is 0. The first-order valence-electron chi connectivity index (χ1n) is 11.9. The highest BCUT2D eigenvalue weighted by molar-refractivity contribution is 5.95. The molecule has 0 atom stereocenters. The minimum atomic E-state index is -4.74. The number of carbonyl (C=O) groups excluding carboxylic acids is 1. The molecule has 1 aliphatic heterocycles. The van der Waals surface area contributed by atoms with E-state index in [4.69, 9.17) is 0 Å². The molecule has 0 aliphatic carbocycles. The highest BCUT2D eigenvalue weighted by Gasteiger charge is 2.31. The Balaban J connectivity index is 0.00000176. The van der Waals surface area contributed by atoms with Crippen LogP contribution in [-0.4, -0.2) is 64.8 Å². The third-order valence-corrected chi connectivity index (χ3v) is 5.54. The number of benzene rings is 2. The lowest BCUT2D eigenvalue weighted by Gasteiger charge is -2.34. The Kier molecular flexibility index (Phi) is 9.24. The molecule has 1 aliphatic rings. The van der Waals surface area contributed by atoms with Gasteiger partial charge in [0, 0.05) is 49.1 Å². The van der Waals surface area contributed by atoms with Crippen molar-refractivity contribution in [3.05, 3.63) is 66.5 Å². The van der Waals surface area contributed by atoms with Gasteiger partial charge in [0.1, 0.15) is 17.9 Å². The molecular weight excluding hydrogens is 471 g/mol. The van der Waals surface area contributed by atoms with Crippen LogP contribution < -0.4 is 10.1 Å². The number of hydrogen-bond donors (Lipinski definition) is 1. The van der Waals surface area contributed by atoms with Crippen LogP contribution in [0.2, 0.25) is 0 Å². The van der Waals surface area contributed by atoms with E-state index in [1.165, 1.54) is 30.6 Å². The number of alkyl halides is 3. The highest BCUT2D eigenvalue weighted by atomic mass is 19.4. The lowest BCUT2D eigenvalue weighted by Crippen LogP contribution is -2.48. The van der Waals surface area contributed by atoms with Crippen LogP contribution >= 0.6 is 0 Å². The fraction of sp³-hybridized carbons (Fsp3) is 0.346. The van der Waals surface area contributed by atoms with Crippen molar-refractivity contribution in [2.45, 2.75) is 27.1 Å². The second kappa shape index (κ2) is 12.3. The number of aromatic nitrogens is 2. The standard InChI is InChI=1S/C24H24F3N5O2.C2H6/c1-2-31-10-12-32(13-11-31)23(33)18-5-3-4-17(14-18)21-15-22(29-16-28-21)30-19-6-8-20(9-7-19)34-24(25,26)27;1-2/h3-9,14-16H,2,10-13H2,1H3,(H,28,29,30);1-2H3. The van der Waals surface area contributed by atoms with Gasteiger partial charge >= 0.3 is 6.36 Å². The normalized spacial score (nSPS) is 14.0. The van der Waals surface area contributed by atoms with Crippen molar-refractivity contribution in [2.24, 2.45) is 0 Å². The van der Waals surface area contributed by atoms with Crippen molar-refractivity contribution < 1.29 is 22.7 Å². The summed E-state index contributed by atoms with van der Waals surface area (Å²) in [5, 5.41) is 3.04. The van der Waals surface area contributed by atoms with Gasteiger partial charge in [-0.05, 0) is 42.9 Å². The molecule has 1 saturated heterocycles. The predicted octanol–water partition coefficient (Wildman–Crippen LogP) is 5.59. The molecule has 2 heterocycles. The molecule has 1 fully saturated rings. The van der Waals surface area contributed by atoms with E-state index in [-0.39, 0.29) is 11.7 Å². The highest BCUT2D eigenvalue weighted by Crippen LogP contribution is 2.26. The first-order chi connectivity index (χ1) is 17.3. The van der Waals surface area contributed by atoms with E-state index < -0.39 is 6.36 Å². The minimum absolute atomic E-state index is 0.00817. The molecule has 0 bridgehead atoms. The van der Waals surface area contributed by atoms with E-state index >= 15 is 0 Å². The third-order valence-electron chi connectivity index (χ3n) is 5.54. The number of likely N-dealkylation sites (N-methyl/N-ethyl adjacent to an activating group) is 1. The number of halogens is 3. The summed E-state index contributed by atoms with van der Waals surface area (Å²) in [6, 6.07) is 14.3. The zero-order valence-corrected chi connectivity index (χ0v) is 20.5. The number of nitrogens with zero attached hydrogens (tertiary/aromatic N) is 4. The minimum Gasteiger partial charge on any atom is -0.406 e. The van der Waals surface area contributed by atoms with E-state index in [0.29, 0.717) is 35.9 Å². The summed E-state index contributed by atoms with van der Waals surface area (Å²) in [7, 11) is 0. The number of piperazine rings is 1. The Bertz CT molecular complexity index is 1130. The van der Waals surface area contributed by atoms with Gasteiger partial charge in [0.05, 0.1) is 5.69 Å². The molecule has 36 heavy (non-hydrogen) atoms. The van der Waals surface area contributed by atoms with E-state index in [2.05, 4.69) is 31.8 Å². The topological polar surface area (TPSA) is 70.6 Å². The summed E-state index contributed by atoms with van der Waals surface area (Å²) in [5.41, 5.74) is 2.50. The molecule has 0 spiro atoms. The Morgan fingerprint density at radius 3 is 2.33 bits per heavy atom. The smallest absolute Gasteiger partial charge is 0.406 e. The quantitative estimate of drug-likeness (QED) is 0.475. The zero-order valence-electron chi connectivity index (χ0n) is 20.5. The van der Waals surface area contributed by atoms with Gasteiger partial charge in [0.2, 0.25) is 0 Å². The second-order valence-electron chi connectivity index (χ2n) is 7.79. The molecule has 192 valence electrons. The van der Waals surface area contributed by atoms with Gasteiger partial charge in [-0.2, -0.15) is 0 Å². The number of hydrogen-bond acceptors (Lipinski definition) is 6. The molecule has 3 aromatic rings. The van der Waals surface area contributed by atoms with Crippen molar-refractivity contribution in [1.82, 2.24) is 19.8 Å². The molecule has 1 aromatic heterocycles. The van der Waals surface area contributed by atoms with Crippen LogP contribution in [0.1, 0.15) is 31.1 Å². The first-order valence-corrected chi connectivity index (χ1v) is 11.9. The van der Waals surface area contributed by atoms with Crippen LogP contribution in [0.3, 0.4) is 0 Å². The fourth-order valence-electron chi connectivity index (χ4n) is 3.73. The van der Waals surface area contributed by atoms with E-state index in [1.54, 1.807) is 12.1 Å². The van der Waals surface area contributed by atoms with Crippen molar-refractivity contribution >= 4 is 17.4 Å². The van der Waals surface area contributed by atoms with Gasteiger partial charge in [-0.1, -0.05) is 32.9 Å². The lowest BCUT2D eigenvalue weighted by molar-refractivity contribution is -0.274. The largest absolute Gasteiger partial charge is 0.573 e. The maximum atomic E-state index is 13.0. The second-order valence-corrected chi connectivity index (χ2v) is 7.79. The van der Waals surface area contributed by atoms with Gasteiger partial charge in [-0.3, -0.25) is 4.79 Å². The number of anilines is 2. The molecule has 4 rings (SSSR count). The van der Waals surface area contributed by atoms with Crippen LogP contribution in [0.25, 0.3) is 11.3 Å². The maximum absolute atomic E-state index is 13.0. The van der Waals surface area contributed by atoms with Gasteiger partial charge in [-0.25, -0.2) is 9.97 Å². The van der Waals surface area contributed by atoms with Crippen LogP contribution in [0.15, 0.2) is 60.9 Å². The average Bonchev–Trinajstić information content (AvgIpc) is 2.90. The van der Waals surface area contributed by atoms with Crippen LogP contribution in [0, 0.1) is 0 Å². The molecule has 0 unspecified atom stereocenters. The number of amides is 1. The summed E-state index contributed by atoms with van der Waals surface area (Å²) in [5.74, 6) is 0.145. The van der Waals surface area contributed by atoms with Gasteiger partial charge in [0.25, 0.3) is 5.91 Å². The maximum Gasteiger partial charge on any atom is 0.573 e. The SMILES string of the molecule is CC.CCN1CCN(C(=O)c2cccc(-c3cc(Nc4ccc(OC(F)(F)F)cc4)ncn3)c2)CC1. The van der Waals surface area contributed by atoms with Crippen molar-refractivity contribution in [2.75, 3.05) is 38.0 Å². The number of carbonyl (C=O) groups is 1. The first kappa shape index (κ1) is 26.9. The lowest BCUT2D eigenvalue weighted by atomic mass is 10.1. The molecule has 10 heteroatoms. The van der Waals surface area contributed by atoms with E-state index in [0.717, 1.165) is 25.2 Å². The van der Waals surface area contributed by atoms with Crippen molar-refractivity contribution in [3.8, 4) is 17.0 Å². The molecule has 2 aromatic carbocycles. The Labute approximate surface area is 208 Å². The van der Waals surface area contributed by atoms with Crippen LogP contribution in [-0.2, 0) is 0 Å². The molecule has 1 amide bonds. The van der Waals surface area contributed by atoms with E-state index in [9.17, 15) is 18.0 Å². The monoisotopic (exact) mass is 501 g/mol. The number of rotatable bonds is 6. The van der Waals surface area contributed by atoms with E-state index in [1.807, 2.05) is 36.9 Å². The number of ether oxygens (including phenoxy) is 1. The van der Waals surface area contributed by atoms with Crippen molar-refractivity contribution in [3.63, 3.8) is 0 Å². The average molecular weight is 502 g/mol. The molecular formula is C26H30F3N5O2. The fourth-order valence-corrected chi connectivity index (χ4v) is 3.73. The summed E-state index contributed by atoms with van der Waals surface area (Å²) in [4.78, 5) is 25.6. The zero-order chi connectivity index (χ0) is 26.1. The predicted molar refractivity (Wildman–Crippen MR) is 133 cm³/mol. The molecule has 1 N–H and O–H groups in total. The Morgan fingerprint density at radius 2 is 1.69 bits per heavy atom. The van der Waals surface area contributed by atoms with Crippen LogP contribution in [0.5, 0.6) is 5.75 Å². The summed E-state index contributed by atoms with van der Waals surface area (Å²) in [6.45, 7) is 10.2. The van der Waals surface area contributed by atoms with Gasteiger partial charge in [0.15, 0.2) is 0 Å². The Hall–Kier alpha value is -3.66. The molecule has 0 radical (unpaired) electrons. The Morgan fingerprint density at radius 1 is 1.00 bits per heavy atom. The van der Waals surface area contributed by atoms with Crippen LogP contribution in [0.4, 0.5) is 24.7 Å². The van der Waals surface area contributed by atoms with Crippen molar-refractivity contribution in [1.29, 1.82) is 0 Å². The number of nitrogens with one attached hydrogen (secondary N) is 1. The summed E-state index contributed by atoms with van der Waals surface area (Å²) in [6.07, 6.45) is -3.35. The van der Waals surface area contributed by atoms with Gasteiger partial charge < -0.3 is 19.9 Å². The third kappa shape index (κ3) is 7.42. The summed E-state index contributed by atoms with van der Waals surface area (Å²) < 4.78 is 40.9.